The van der Waals surface area contributed by atoms with Crippen molar-refractivity contribution in [3.63, 3.8) is 0 Å². The van der Waals surface area contributed by atoms with Gasteiger partial charge in [-0.15, -0.1) is 12.4 Å². The van der Waals surface area contributed by atoms with Crippen LogP contribution in [0.1, 0.15) is 18.4 Å². The van der Waals surface area contributed by atoms with Crippen molar-refractivity contribution in [3.8, 4) is 0 Å². The summed E-state index contributed by atoms with van der Waals surface area (Å²) < 4.78 is 27.6. The van der Waals surface area contributed by atoms with Crippen LogP contribution in [0, 0.1) is 6.92 Å². The van der Waals surface area contributed by atoms with Crippen molar-refractivity contribution in [2.24, 2.45) is 5.73 Å². The Bertz CT molecular complexity index is 551. The summed E-state index contributed by atoms with van der Waals surface area (Å²) in [6.45, 7) is 2.76. The van der Waals surface area contributed by atoms with Gasteiger partial charge in [-0.1, -0.05) is 22.0 Å². The Kier molecular flexibility index (Phi) is 5.82. The summed E-state index contributed by atoms with van der Waals surface area (Å²) in [5.74, 6) is 0. The standard InChI is InChI=1S/C12H17BrN2O2S.ClH/c1-9-4-5-10(13)7-12(9)18(16,17)15-6-2-3-11(15)8-14;/h4-5,7,11H,2-3,6,8,14H2,1H3;1H. The molecule has 1 aromatic carbocycles. The van der Waals surface area contributed by atoms with Crippen LogP contribution in [-0.4, -0.2) is 31.9 Å². The van der Waals surface area contributed by atoms with E-state index in [1.54, 1.807) is 10.4 Å². The number of sulfonamides is 1. The van der Waals surface area contributed by atoms with Crippen LogP contribution in [-0.2, 0) is 10.0 Å². The van der Waals surface area contributed by atoms with Crippen LogP contribution in [0.15, 0.2) is 27.6 Å². The number of rotatable bonds is 3. The van der Waals surface area contributed by atoms with Gasteiger partial charge in [-0.05, 0) is 37.5 Å². The average molecular weight is 370 g/mol. The first kappa shape index (κ1) is 16.9. The third kappa shape index (κ3) is 3.31. The summed E-state index contributed by atoms with van der Waals surface area (Å²) in [5.41, 5.74) is 6.42. The van der Waals surface area contributed by atoms with Gasteiger partial charge in [0.05, 0.1) is 4.90 Å². The van der Waals surface area contributed by atoms with E-state index in [1.165, 1.54) is 0 Å². The third-order valence-corrected chi connectivity index (χ3v) is 5.92. The maximum absolute atomic E-state index is 12.6. The molecule has 1 aliphatic rings. The first-order valence-electron chi connectivity index (χ1n) is 5.95. The summed E-state index contributed by atoms with van der Waals surface area (Å²) in [6.07, 6.45) is 1.73. The minimum absolute atomic E-state index is 0. The molecule has 108 valence electrons. The Morgan fingerprint density at radius 3 is 2.79 bits per heavy atom. The minimum atomic E-state index is -3.43. The number of benzene rings is 1. The van der Waals surface area contributed by atoms with Crippen LogP contribution in [0.3, 0.4) is 0 Å². The maximum atomic E-state index is 12.6. The van der Waals surface area contributed by atoms with Crippen LogP contribution in [0.5, 0.6) is 0 Å². The van der Waals surface area contributed by atoms with Gasteiger partial charge in [-0.2, -0.15) is 4.31 Å². The summed E-state index contributed by atoms with van der Waals surface area (Å²) in [4.78, 5) is 0.372. The second-order valence-corrected chi connectivity index (χ2v) is 7.33. The normalized spacial score (nSPS) is 20.3. The van der Waals surface area contributed by atoms with Crippen LogP contribution in [0.2, 0.25) is 0 Å². The highest BCUT2D eigenvalue weighted by molar-refractivity contribution is 9.10. The van der Waals surface area contributed by atoms with E-state index in [1.807, 2.05) is 19.1 Å². The Hall–Kier alpha value is -0.140. The van der Waals surface area contributed by atoms with E-state index in [0.29, 0.717) is 18.0 Å². The maximum Gasteiger partial charge on any atom is 0.243 e. The van der Waals surface area contributed by atoms with E-state index >= 15 is 0 Å². The Labute approximate surface area is 128 Å². The lowest BCUT2D eigenvalue weighted by Crippen LogP contribution is -2.40. The zero-order valence-electron chi connectivity index (χ0n) is 10.7. The summed E-state index contributed by atoms with van der Waals surface area (Å²) in [6, 6.07) is 5.26. The molecule has 1 atom stereocenters. The van der Waals surface area contributed by atoms with Crippen molar-refractivity contribution in [2.75, 3.05) is 13.1 Å². The monoisotopic (exact) mass is 368 g/mol. The SMILES string of the molecule is Cc1ccc(Br)cc1S(=O)(=O)N1CCCC1CN.Cl. The molecule has 0 spiro atoms. The quantitative estimate of drug-likeness (QED) is 0.889. The van der Waals surface area contributed by atoms with Crippen molar-refractivity contribution in [2.45, 2.75) is 30.7 Å². The molecular formula is C12H18BrClN2O2S. The molecule has 0 amide bonds. The zero-order chi connectivity index (χ0) is 13.3. The van der Waals surface area contributed by atoms with Gasteiger partial charge in [0.15, 0.2) is 0 Å². The highest BCUT2D eigenvalue weighted by atomic mass is 79.9. The Morgan fingerprint density at radius 2 is 2.16 bits per heavy atom. The van der Waals surface area contributed by atoms with Gasteiger partial charge in [0.25, 0.3) is 0 Å². The molecule has 1 saturated heterocycles. The first-order valence-corrected chi connectivity index (χ1v) is 8.18. The minimum Gasteiger partial charge on any atom is -0.329 e. The largest absolute Gasteiger partial charge is 0.329 e. The molecule has 1 unspecified atom stereocenters. The van der Waals surface area contributed by atoms with E-state index in [4.69, 9.17) is 5.73 Å². The molecule has 0 saturated carbocycles. The van der Waals surface area contributed by atoms with Crippen LogP contribution in [0.4, 0.5) is 0 Å². The molecule has 1 fully saturated rings. The number of nitrogens with two attached hydrogens (primary N) is 1. The molecule has 1 heterocycles. The van der Waals surface area contributed by atoms with Crippen LogP contribution < -0.4 is 5.73 Å². The van der Waals surface area contributed by atoms with Gasteiger partial charge < -0.3 is 5.73 Å². The van der Waals surface area contributed by atoms with Gasteiger partial charge in [0, 0.05) is 23.6 Å². The molecular weight excluding hydrogens is 352 g/mol. The number of hydrogen-bond acceptors (Lipinski definition) is 3. The van der Waals surface area contributed by atoms with E-state index < -0.39 is 10.0 Å². The summed E-state index contributed by atoms with van der Waals surface area (Å²) in [7, 11) is -3.43. The second kappa shape index (κ2) is 6.54. The van der Waals surface area contributed by atoms with Crippen LogP contribution in [0.25, 0.3) is 0 Å². The van der Waals surface area contributed by atoms with Gasteiger partial charge >= 0.3 is 0 Å². The molecule has 0 radical (unpaired) electrons. The Morgan fingerprint density at radius 1 is 1.47 bits per heavy atom. The molecule has 7 heteroatoms. The predicted molar refractivity (Wildman–Crippen MR) is 82.1 cm³/mol. The van der Waals surface area contributed by atoms with Crippen molar-refractivity contribution < 1.29 is 8.42 Å². The van der Waals surface area contributed by atoms with Gasteiger partial charge in [0.2, 0.25) is 10.0 Å². The fourth-order valence-electron chi connectivity index (χ4n) is 2.34. The molecule has 19 heavy (non-hydrogen) atoms. The van der Waals surface area contributed by atoms with Crippen LogP contribution >= 0.6 is 28.3 Å². The highest BCUT2D eigenvalue weighted by Gasteiger charge is 2.35. The molecule has 4 nitrogen and oxygen atoms in total. The van der Waals surface area contributed by atoms with E-state index in [0.717, 1.165) is 22.9 Å². The van der Waals surface area contributed by atoms with Crippen molar-refractivity contribution >= 4 is 38.4 Å². The Balaban J connectivity index is 0.00000180. The highest BCUT2D eigenvalue weighted by Crippen LogP contribution is 2.29. The number of aryl methyl sites for hydroxylation is 1. The van der Waals surface area contributed by atoms with Crippen molar-refractivity contribution in [1.29, 1.82) is 0 Å². The summed E-state index contributed by atoms with van der Waals surface area (Å²) in [5, 5.41) is 0. The smallest absolute Gasteiger partial charge is 0.243 e. The number of hydrogen-bond donors (Lipinski definition) is 1. The molecule has 1 aromatic rings. The fraction of sp³-hybridized carbons (Fsp3) is 0.500. The number of halogens is 2. The van der Waals surface area contributed by atoms with Gasteiger partial charge in [-0.25, -0.2) is 8.42 Å². The zero-order valence-corrected chi connectivity index (χ0v) is 13.9. The second-order valence-electron chi connectivity index (χ2n) is 4.56. The molecule has 0 aliphatic carbocycles. The molecule has 2 rings (SSSR count). The fourth-order valence-corrected chi connectivity index (χ4v) is 4.81. The van der Waals surface area contributed by atoms with E-state index in [9.17, 15) is 8.42 Å². The molecule has 0 aromatic heterocycles. The van der Waals surface area contributed by atoms with E-state index in [2.05, 4.69) is 15.9 Å². The number of nitrogens with zero attached hydrogens (tertiary/aromatic N) is 1. The van der Waals surface area contributed by atoms with Gasteiger partial charge in [-0.3, -0.25) is 0 Å². The molecule has 2 N–H and O–H groups in total. The summed E-state index contributed by atoms with van der Waals surface area (Å²) >= 11 is 3.32. The van der Waals surface area contributed by atoms with Crippen molar-refractivity contribution in [3.05, 3.63) is 28.2 Å². The topological polar surface area (TPSA) is 63.4 Å². The van der Waals surface area contributed by atoms with Gasteiger partial charge in [0.1, 0.15) is 0 Å². The molecule has 1 aliphatic heterocycles. The van der Waals surface area contributed by atoms with Crippen molar-refractivity contribution in [1.82, 2.24) is 4.31 Å². The predicted octanol–water partition coefficient (Wildman–Crippen LogP) is 2.29. The first-order chi connectivity index (χ1) is 8.46. The third-order valence-electron chi connectivity index (χ3n) is 3.33. The van der Waals surface area contributed by atoms with E-state index in [-0.39, 0.29) is 18.4 Å². The lowest BCUT2D eigenvalue weighted by atomic mass is 10.2. The lowest BCUT2D eigenvalue weighted by Gasteiger charge is -2.23. The average Bonchev–Trinajstić information content (AvgIpc) is 2.81. The lowest BCUT2D eigenvalue weighted by molar-refractivity contribution is 0.393. The molecule has 0 bridgehead atoms.